The summed E-state index contributed by atoms with van der Waals surface area (Å²) in [6.07, 6.45) is 4.54. The van der Waals surface area contributed by atoms with Gasteiger partial charge < -0.3 is 5.73 Å². The minimum Gasteiger partial charge on any atom is -0.324 e. The number of rotatable bonds is 2. The summed E-state index contributed by atoms with van der Waals surface area (Å²) in [4.78, 5) is 19.6. The summed E-state index contributed by atoms with van der Waals surface area (Å²) in [5.74, 6) is -0.137. The molecule has 0 unspecified atom stereocenters. The molecule has 1 heterocycles. The standard InChI is InChI=1S/C9H11N3O/c10-4-9(13)8-5-11-6-2-1-3-7(6)12-8/h5H,1-4,10H2. The fraction of sp³-hybridized carbons (Fsp3) is 0.444. The number of hydrogen-bond acceptors (Lipinski definition) is 4. The van der Waals surface area contributed by atoms with E-state index in [1.165, 1.54) is 6.20 Å². The zero-order valence-corrected chi connectivity index (χ0v) is 7.29. The van der Waals surface area contributed by atoms with Crippen LogP contribution in [0.15, 0.2) is 6.20 Å². The van der Waals surface area contributed by atoms with Gasteiger partial charge in [-0.3, -0.25) is 9.78 Å². The molecule has 0 spiro atoms. The van der Waals surface area contributed by atoms with E-state index >= 15 is 0 Å². The fourth-order valence-electron chi connectivity index (χ4n) is 1.52. The number of hydrogen-bond donors (Lipinski definition) is 1. The smallest absolute Gasteiger partial charge is 0.196 e. The molecule has 0 fully saturated rings. The Bertz CT molecular complexity index is 349. The Morgan fingerprint density at radius 3 is 3.00 bits per heavy atom. The molecule has 0 amide bonds. The Labute approximate surface area is 76.2 Å². The number of fused-ring (bicyclic) bond motifs is 1. The molecule has 68 valence electrons. The molecular formula is C9H11N3O. The van der Waals surface area contributed by atoms with Gasteiger partial charge in [-0.15, -0.1) is 0 Å². The van der Waals surface area contributed by atoms with Gasteiger partial charge in [-0.2, -0.15) is 0 Å². The van der Waals surface area contributed by atoms with Crippen LogP contribution in [0.3, 0.4) is 0 Å². The molecule has 0 aromatic carbocycles. The maximum Gasteiger partial charge on any atom is 0.196 e. The van der Waals surface area contributed by atoms with E-state index in [2.05, 4.69) is 9.97 Å². The second-order valence-electron chi connectivity index (χ2n) is 3.13. The van der Waals surface area contributed by atoms with Gasteiger partial charge in [0.25, 0.3) is 0 Å². The Kier molecular flexibility index (Phi) is 2.06. The van der Waals surface area contributed by atoms with Gasteiger partial charge in [0, 0.05) is 0 Å². The first-order valence-corrected chi connectivity index (χ1v) is 4.39. The van der Waals surface area contributed by atoms with Crippen molar-refractivity contribution in [2.75, 3.05) is 6.54 Å². The van der Waals surface area contributed by atoms with Gasteiger partial charge in [0.1, 0.15) is 5.69 Å². The zero-order chi connectivity index (χ0) is 9.26. The van der Waals surface area contributed by atoms with E-state index in [0.717, 1.165) is 30.7 Å². The molecule has 2 rings (SSSR count). The first-order chi connectivity index (χ1) is 6.31. The van der Waals surface area contributed by atoms with Crippen molar-refractivity contribution >= 4 is 5.78 Å². The van der Waals surface area contributed by atoms with Crippen LogP contribution in [0.2, 0.25) is 0 Å². The van der Waals surface area contributed by atoms with Crippen LogP contribution in [0.5, 0.6) is 0 Å². The number of carbonyl (C=O) groups excluding carboxylic acids is 1. The van der Waals surface area contributed by atoms with Crippen molar-refractivity contribution in [2.45, 2.75) is 19.3 Å². The van der Waals surface area contributed by atoms with Crippen LogP contribution in [-0.2, 0) is 12.8 Å². The second kappa shape index (κ2) is 3.22. The Balaban J connectivity index is 2.36. The number of aryl methyl sites for hydroxylation is 2. The molecule has 13 heavy (non-hydrogen) atoms. The topological polar surface area (TPSA) is 68.9 Å². The third-order valence-corrected chi connectivity index (χ3v) is 2.23. The molecule has 4 heteroatoms. The average molecular weight is 177 g/mol. The van der Waals surface area contributed by atoms with Crippen LogP contribution >= 0.6 is 0 Å². The van der Waals surface area contributed by atoms with Gasteiger partial charge in [0.05, 0.1) is 24.1 Å². The van der Waals surface area contributed by atoms with E-state index < -0.39 is 0 Å². The summed E-state index contributed by atoms with van der Waals surface area (Å²) < 4.78 is 0. The molecule has 0 aliphatic heterocycles. The SMILES string of the molecule is NCC(=O)c1cnc2c(n1)CCC2. The van der Waals surface area contributed by atoms with Crippen LogP contribution < -0.4 is 5.73 Å². The van der Waals surface area contributed by atoms with Gasteiger partial charge in [0.15, 0.2) is 5.78 Å². The Morgan fingerprint density at radius 2 is 2.23 bits per heavy atom. The summed E-state index contributed by atoms with van der Waals surface area (Å²) in [5.41, 5.74) is 7.64. The van der Waals surface area contributed by atoms with Crippen molar-refractivity contribution < 1.29 is 4.79 Å². The molecule has 0 bridgehead atoms. The first-order valence-electron chi connectivity index (χ1n) is 4.39. The van der Waals surface area contributed by atoms with Crippen LogP contribution in [0.4, 0.5) is 0 Å². The van der Waals surface area contributed by atoms with Crippen LogP contribution in [0.25, 0.3) is 0 Å². The highest BCUT2D eigenvalue weighted by Gasteiger charge is 2.15. The van der Waals surface area contributed by atoms with Crippen molar-refractivity contribution in [2.24, 2.45) is 5.73 Å². The molecule has 1 aromatic heterocycles. The molecule has 0 saturated heterocycles. The highest BCUT2D eigenvalue weighted by atomic mass is 16.1. The lowest BCUT2D eigenvalue weighted by Gasteiger charge is -2.00. The average Bonchev–Trinajstić information content (AvgIpc) is 2.63. The quantitative estimate of drug-likeness (QED) is 0.651. The minimum atomic E-state index is -0.137. The van der Waals surface area contributed by atoms with Crippen LogP contribution in [0, 0.1) is 0 Å². The van der Waals surface area contributed by atoms with E-state index in [1.54, 1.807) is 0 Å². The van der Waals surface area contributed by atoms with Crippen LogP contribution in [0.1, 0.15) is 28.3 Å². The minimum absolute atomic E-state index is 0.00741. The molecular weight excluding hydrogens is 166 g/mol. The molecule has 1 aromatic rings. The summed E-state index contributed by atoms with van der Waals surface area (Å²) >= 11 is 0. The Hall–Kier alpha value is -1.29. The zero-order valence-electron chi connectivity index (χ0n) is 7.29. The molecule has 0 radical (unpaired) electrons. The monoisotopic (exact) mass is 177 g/mol. The van der Waals surface area contributed by atoms with Crippen LogP contribution in [-0.4, -0.2) is 22.3 Å². The number of Topliss-reactive ketones (excluding diaryl/α,β-unsaturated/α-hetero) is 1. The van der Waals surface area contributed by atoms with E-state index in [4.69, 9.17) is 5.73 Å². The number of nitrogens with zero attached hydrogens (tertiary/aromatic N) is 2. The molecule has 2 N–H and O–H groups in total. The normalized spacial score (nSPS) is 14.2. The van der Waals surface area contributed by atoms with Gasteiger partial charge in [-0.25, -0.2) is 4.98 Å². The molecule has 0 atom stereocenters. The number of aromatic nitrogens is 2. The lowest BCUT2D eigenvalue weighted by atomic mass is 10.2. The van der Waals surface area contributed by atoms with E-state index in [9.17, 15) is 4.79 Å². The highest BCUT2D eigenvalue weighted by Crippen LogP contribution is 2.17. The Morgan fingerprint density at radius 1 is 1.46 bits per heavy atom. The number of carbonyl (C=O) groups is 1. The predicted molar refractivity (Wildman–Crippen MR) is 47.4 cm³/mol. The highest BCUT2D eigenvalue weighted by molar-refractivity contribution is 5.95. The lowest BCUT2D eigenvalue weighted by molar-refractivity contribution is 0.0996. The van der Waals surface area contributed by atoms with Crippen molar-refractivity contribution in [1.29, 1.82) is 0 Å². The predicted octanol–water partition coefficient (Wildman–Crippen LogP) is 0.107. The van der Waals surface area contributed by atoms with E-state index in [-0.39, 0.29) is 12.3 Å². The number of ketones is 1. The third-order valence-electron chi connectivity index (χ3n) is 2.23. The maximum absolute atomic E-state index is 11.2. The van der Waals surface area contributed by atoms with Crippen molar-refractivity contribution in [3.63, 3.8) is 0 Å². The summed E-state index contributed by atoms with van der Waals surface area (Å²) in [7, 11) is 0. The molecule has 1 aliphatic rings. The van der Waals surface area contributed by atoms with Gasteiger partial charge >= 0.3 is 0 Å². The first kappa shape index (κ1) is 8.31. The van der Waals surface area contributed by atoms with E-state index in [1.807, 2.05) is 0 Å². The van der Waals surface area contributed by atoms with Gasteiger partial charge in [-0.05, 0) is 19.3 Å². The summed E-state index contributed by atoms with van der Waals surface area (Å²) in [6, 6.07) is 0. The van der Waals surface area contributed by atoms with Crippen molar-refractivity contribution in [1.82, 2.24) is 9.97 Å². The maximum atomic E-state index is 11.2. The lowest BCUT2D eigenvalue weighted by Crippen LogP contribution is -2.16. The van der Waals surface area contributed by atoms with Crippen molar-refractivity contribution in [3.05, 3.63) is 23.3 Å². The summed E-state index contributed by atoms with van der Waals surface area (Å²) in [5, 5.41) is 0. The molecule has 4 nitrogen and oxygen atoms in total. The second-order valence-corrected chi connectivity index (χ2v) is 3.13. The molecule has 1 aliphatic carbocycles. The third kappa shape index (κ3) is 1.45. The number of nitrogens with two attached hydrogens (primary N) is 1. The van der Waals surface area contributed by atoms with E-state index in [0.29, 0.717) is 5.69 Å². The van der Waals surface area contributed by atoms with Crippen molar-refractivity contribution in [3.8, 4) is 0 Å². The summed E-state index contributed by atoms with van der Waals surface area (Å²) in [6.45, 7) is 0.00741. The molecule has 0 saturated carbocycles. The van der Waals surface area contributed by atoms with Gasteiger partial charge in [-0.1, -0.05) is 0 Å². The largest absolute Gasteiger partial charge is 0.324 e. The van der Waals surface area contributed by atoms with Gasteiger partial charge in [0.2, 0.25) is 0 Å². The fourth-order valence-corrected chi connectivity index (χ4v) is 1.52.